The second-order valence-electron chi connectivity index (χ2n) is 4.88. The minimum Gasteiger partial charge on any atom is -0.496 e. The predicted octanol–water partition coefficient (Wildman–Crippen LogP) is 2.59. The molecule has 0 aliphatic rings. The summed E-state index contributed by atoms with van der Waals surface area (Å²) in [5.41, 5.74) is 6.79. The molecule has 102 valence electrons. The maximum atomic E-state index is 10.2. The second kappa shape index (κ2) is 7.12. The van der Waals surface area contributed by atoms with E-state index in [4.69, 9.17) is 10.5 Å². The molecular formula is C14H22BrNO2. The molecule has 1 rings (SSSR count). The molecule has 4 heteroatoms. The number of nitrogens with two attached hydrogens (primary N) is 1. The van der Waals surface area contributed by atoms with E-state index in [1.165, 1.54) is 0 Å². The van der Waals surface area contributed by atoms with Gasteiger partial charge < -0.3 is 15.6 Å². The molecule has 3 N–H and O–H groups in total. The number of hydrogen-bond acceptors (Lipinski definition) is 3. The minimum atomic E-state index is -0.407. The maximum Gasteiger partial charge on any atom is 0.133 e. The van der Waals surface area contributed by atoms with E-state index in [0.717, 1.165) is 15.8 Å². The highest BCUT2D eigenvalue weighted by molar-refractivity contribution is 9.10. The molecule has 1 aromatic carbocycles. The molecule has 0 spiro atoms. The summed E-state index contributed by atoms with van der Waals surface area (Å²) in [7, 11) is 1.64. The lowest BCUT2D eigenvalue weighted by molar-refractivity contribution is 0.0863. The molecule has 3 nitrogen and oxygen atoms in total. The fourth-order valence-corrected chi connectivity index (χ4v) is 2.69. The first-order chi connectivity index (χ1) is 8.49. The van der Waals surface area contributed by atoms with Crippen LogP contribution in [0.5, 0.6) is 5.75 Å². The van der Waals surface area contributed by atoms with Crippen molar-refractivity contribution in [1.82, 2.24) is 0 Å². The first kappa shape index (κ1) is 15.5. The highest BCUT2D eigenvalue weighted by atomic mass is 79.9. The van der Waals surface area contributed by atoms with Crippen LogP contribution in [0, 0.1) is 11.8 Å². The van der Waals surface area contributed by atoms with E-state index in [0.29, 0.717) is 18.9 Å². The van der Waals surface area contributed by atoms with Gasteiger partial charge in [0.2, 0.25) is 0 Å². The number of aliphatic hydroxyl groups is 1. The average Bonchev–Trinajstić information content (AvgIpc) is 2.29. The lowest BCUT2D eigenvalue weighted by atomic mass is 9.87. The van der Waals surface area contributed by atoms with E-state index in [9.17, 15) is 5.11 Å². The zero-order valence-electron chi connectivity index (χ0n) is 11.2. The van der Waals surface area contributed by atoms with Crippen molar-refractivity contribution in [2.75, 3.05) is 13.7 Å². The number of halogens is 1. The van der Waals surface area contributed by atoms with E-state index in [-0.39, 0.29) is 5.92 Å². The van der Waals surface area contributed by atoms with Crippen molar-refractivity contribution >= 4 is 15.9 Å². The lowest BCUT2D eigenvalue weighted by Crippen LogP contribution is -2.33. The van der Waals surface area contributed by atoms with Crippen LogP contribution >= 0.6 is 15.9 Å². The Hall–Kier alpha value is -0.580. The smallest absolute Gasteiger partial charge is 0.133 e. The van der Waals surface area contributed by atoms with Crippen LogP contribution in [0.3, 0.4) is 0 Å². The first-order valence-corrected chi connectivity index (χ1v) is 6.99. The predicted molar refractivity (Wildman–Crippen MR) is 77.8 cm³/mol. The third kappa shape index (κ3) is 3.97. The van der Waals surface area contributed by atoms with Crippen molar-refractivity contribution in [3.05, 3.63) is 28.2 Å². The molecule has 0 aliphatic heterocycles. The number of methoxy groups -OCH3 is 1. The molecule has 2 unspecified atom stereocenters. The number of aliphatic hydroxyl groups excluding tert-OH is 1. The van der Waals surface area contributed by atoms with Crippen LogP contribution < -0.4 is 10.5 Å². The van der Waals surface area contributed by atoms with E-state index >= 15 is 0 Å². The zero-order chi connectivity index (χ0) is 13.7. The largest absolute Gasteiger partial charge is 0.496 e. The van der Waals surface area contributed by atoms with Gasteiger partial charge in [-0.1, -0.05) is 19.9 Å². The molecule has 2 atom stereocenters. The van der Waals surface area contributed by atoms with Crippen molar-refractivity contribution in [3.8, 4) is 5.75 Å². The summed E-state index contributed by atoms with van der Waals surface area (Å²) in [6.45, 7) is 4.69. The van der Waals surface area contributed by atoms with Crippen LogP contribution in [0.2, 0.25) is 0 Å². The summed E-state index contributed by atoms with van der Waals surface area (Å²) in [6, 6.07) is 5.86. The van der Waals surface area contributed by atoms with Gasteiger partial charge >= 0.3 is 0 Å². The third-order valence-corrected chi connectivity index (χ3v) is 3.90. The fraction of sp³-hybridized carbons (Fsp3) is 0.571. The Labute approximate surface area is 117 Å². The van der Waals surface area contributed by atoms with Gasteiger partial charge in [0.05, 0.1) is 17.7 Å². The lowest BCUT2D eigenvalue weighted by Gasteiger charge is -2.25. The third-order valence-electron chi connectivity index (χ3n) is 3.28. The molecule has 0 heterocycles. The molecule has 18 heavy (non-hydrogen) atoms. The Morgan fingerprint density at radius 3 is 2.50 bits per heavy atom. The van der Waals surface area contributed by atoms with Gasteiger partial charge in [-0.15, -0.1) is 0 Å². The SMILES string of the molecule is COc1ccc(CC(O)C(CN)C(C)C)cc1Br. The van der Waals surface area contributed by atoms with E-state index in [1.54, 1.807) is 7.11 Å². The van der Waals surface area contributed by atoms with E-state index < -0.39 is 6.10 Å². The van der Waals surface area contributed by atoms with Gasteiger partial charge in [0.25, 0.3) is 0 Å². The van der Waals surface area contributed by atoms with Crippen LogP contribution in [0.4, 0.5) is 0 Å². The summed E-state index contributed by atoms with van der Waals surface area (Å²) in [5, 5.41) is 10.2. The summed E-state index contributed by atoms with van der Waals surface area (Å²) >= 11 is 3.45. The molecule has 0 fully saturated rings. The maximum absolute atomic E-state index is 10.2. The summed E-state index contributed by atoms with van der Waals surface area (Å²) in [4.78, 5) is 0. The van der Waals surface area contributed by atoms with Crippen LogP contribution in [-0.4, -0.2) is 24.9 Å². The normalized spacial score (nSPS) is 14.6. The van der Waals surface area contributed by atoms with Crippen molar-refractivity contribution < 1.29 is 9.84 Å². The highest BCUT2D eigenvalue weighted by Gasteiger charge is 2.21. The number of hydrogen-bond donors (Lipinski definition) is 2. The molecule has 0 aromatic heterocycles. The quantitative estimate of drug-likeness (QED) is 0.848. The minimum absolute atomic E-state index is 0.130. The fourth-order valence-electron chi connectivity index (χ4n) is 2.10. The summed E-state index contributed by atoms with van der Waals surface area (Å²) in [6.07, 6.45) is 0.207. The zero-order valence-corrected chi connectivity index (χ0v) is 12.8. The van der Waals surface area contributed by atoms with Crippen LogP contribution in [0.15, 0.2) is 22.7 Å². The van der Waals surface area contributed by atoms with Crippen LogP contribution in [-0.2, 0) is 6.42 Å². The highest BCUT2D eigenvalue weighted by Crippen LogP contribution is 2.27. The molecule has 0 radical (unpaired) electrons. The number of benzene rings is 1. The molecule has 0 saturated heterocycles. The van der Waals surface area contributed by atoms with Gasteiger partial charge in [-0.3, -0.25) is 0 Å². The Kier molecular flexibility index (Phi) is 6.12. The summed E-state index contributed by atoms with van der Waals surface area (Å²) < 4.78 is 6.09. The van der Waals surface area contributed by atoms with Crippen LogP contribution in [0.25, 0.3) is 0 Å². The molecule has 0 saturated carbocycles. The van der Waals surface area contributed by atoms with Crippen LogP contribution in [0.1, 0.15) is 19.4 Å². The second-order valence-corrected chi connectivity index (χ2v) is 5.74. The standard InChI is InChI=1S/C14H22BrNO2/c1-9(2)11(8-16)13(17)7-10-4-5-14(18-3)12(15)6-10/h4-6,9,11,13,17H,7-8,16H2,1-3H3. The van der Waals surface area contributed by atoms with Gasteiger partial charge in [-0.25, -0.2) is 0 Å². The molecule has 0 aliphatic carbocycles. The van der Waals surface area contributed by atoms with Crippen molar-refractivity contribution in [2.24, 2.45) is 17.6 Å². The van der Waals surface area contributed by atoms with Gasteiger partial charge in [-0.05, 0) is 58.4 Å². The van der Waals surface area contributed by atoms with Crippen molar-refractivity contribution in [1.29, 1.82) is 0 Å². The molecule has 0 bridgehead atoms. The van der Waals surface area contributed by atoms with E-state index in [2.05, 4.69) is 29.8 Å². The van der Waals surface area contributed by atoms with Gasteiger partial charge in [0, 0.05) is 0 Å². The number of rotatable bonds is 6. The topological polar surface area (TPSA) is 55.5 Å². The molecule has 1 aromatic rings. The van der Waals surface area contributed by atoms with E-state index in [1.807, 2.05) is 18.2 Å². The molecule has 0 amide bonds. The Morgan fingerprint density at radius 2 is 2.06 bits per heavy atom. The van der Waals surface area contributed by atoms with Gasteiger partial charge in [0.1, 0.15) is 5.75 Å². The average molecular weight is 316 g/mol. The Balaban J connectivity index is 2.75. The van der Waals surface area contributed by atoms with Crippen molar-refractivity contribution in [3.63, 3.8) is 0 Å². The monoisotopic (exact) mass is 315 g/mol. The number of ether oxygens (including phenoxy) is 1. The van der Waals surface area contributed by atoms with Crippen molar-refractivity contribution in [2.45, 2.75) is 26.4 Å². The Morgan fingerprint density at radius 1 is 1.39 bits per heavy atom. The molecular weight excluding hydrogens is 294 g/mol. The van der Waals surface area contributed by atoms with Gasteiger partial charge in [-0.2, -0.15) is 0 Å². The summed E-state index contributed by atoms with van der Waals surface area (Å²) in [5.74, 6) is 1.31. The Bertz CT molecular complexity index is 382. The van der Waals surface area contributed by atoms with Gasteiger partial charge in [0.15, 0.2) is 0 Å². The first-order valence-electron chi connectivity index (χ1n) is 6.20.